The Balaban J connectivity index is 0. The smallest absolute Gasteiger partial charge is 0.338 e. The SMILES string of the molecule is CO.COC(=O)c1ccc(C(=O)OC)cc1.COCCCCOC(=O)c1ccc(C=O)cc1.OCCCCO. The minimum absolute atomic E-state index is 0.195. The first-order valence-electron chi connectivity index (χ1n) is 12.0. The number of hydrogen-bond donors (Lipinski definition) is 3. The van der Waals surface area contributed by atoms with E-state index in [0.717, 1.165) is 39.1 Å². The molecule has 0 saturated heterocycles. The maximum absolute atomic E-state index is 11.5. The zero-order chi connectivity index (χ0) is 29.9. The summed E-state index contributed by atoms with van der Waals surface area (Å²) in [6.45, 7) is 1.45. The molecule has 0 unspecified atom stereocenters. The van der Waals surface area contributed by atoms with Gasteiger partial charge in [-0.05, 0) is 62.1 Å². The van der Waals surface area contributed by atoms with Crippen molar-refractivity contribution in [1.82, 2.24) is 0 Å². The predicted octanol–water partition coefficient (Wildman–Crippen LogP) is 2.70. The Morgan fingerprint density at radius 3 is 1.38 bits per heavy atom. The lowest BCUT2D eigenvalue weighted by Crippen LogP contribution is -2.07. The van der Waals surface area contributed by atoms with Gasteiger partial charge in [-0.25, -0.2) is 14.4 Å². The number of benzene rings is 2. The first-order valence-corrected chi connectivity index (χ1v) is 12.0. The van der Waals surface area contributed by atoms with Gasteiger partial charge in [0.1, 0.15) is 6.29 Å². The van der Waals surface area contributed by atoms with Crippen LogP contribution in [0, 0.1) is 0 Å². The minimum Gasteiger partial charge on any atom is -0.465 e. The zero-order valence-corrected chi connectivity index (χ0v) is 23.0. The normalized spacial score (nSPS) is 9.21. The number of rotatable bonds is 12. The molecular weight excluding hydrogens is 512 g/mol. The van der Waals surface area contributed by atoms with Crippen molar-refractivity contribution >= 4 is 24.2 Å². The van der Waals surface area contributed by atoms with E-state index >= 15 is 0 Å². The highest BCUT2D eigenvalue weighted by Gasteiger charge is 2.08. The van der Waals surface area contributed by atoms with Crippen LogP contribution in [0.15, 0.2) is 48.5 Å². The quantitative estimate of drug-likeness (QED) is 0.153. The van der Waals surface area contributed by atoms with Crippen LogP contribution in [0.5, 0.6) is 0 Å². The largest absolute Gasteiger partial charge is 0.465 e. The lowest BCUT2D eigenvalue weighted by Gasteiger charge is -2.04. The van der Waals surface area contributed by atoms with E-state index in [2.05, 4.69) is 9.47 Å². The van der Waals surface area contributed by atoms with E-state index < -0.39 is 11.9 Å². The third kappa shape index (κ3) is 18.3. The Bertz CT molecular complexity index is 871. The van der Waals surface area contributed by atoms with E-state index in [1.165, 1.54) is 38.5 Å². The highest BCUT2D eigenvalue weighted by Crippen LogP contribution is 2.07. The van der Waals surface area contributed by atoms with Crippen molar-refractivity contribution in [2.45, 2.75) is 25.7 Å². The number of methoxy groups -OCH3 is 3. The average Bonchev–Trinajstić information content (AvgIpc) is 3.00. The molecule has 0 amide bonds. The van der Waals surface area contributed by atoms with Crippen LogP contribution >= 0.6 is 0 Å². The Hall–Kier alpha value is -3.64. The fraction of sp³-hybridized carbons (Fsp3) is 0.429. The Morgan fingerprint density at radius 2 is 1.03 bits per heavy atom. The molecule has 2 aromatic rings. The molecule has 0 fully saturated rings. The molecule has 0 aliphatic heterocycles. The molecule has 0 saturated carbocycles. The number of esters is 3. The van der Waals surface area contributed by atoms with E-state index in [0.29, 0.717) is 35.5 Å². The van der Waals surface area contributed by atoms with Crippen molar-refractivity contribution in [3.63, 3.8) is 0 Å². The molecule has 0 bridgehead atoms. The molecule has 218 valence electrons. The second kappa shape index (κ2) is 26.0. The van der Waals surface area contributed by atoms with Crippen LogP contribution < -0.4 is 0 Å². The number of aliphatic hydroxyl groups excluding tert-OH is 3. The molecule has 0 atom stereocenters. The molecule has 2 aromatic carbocycles. The molecule has 11 nitrogen and oxygen atoms in total. The van der Waals surface area contributed by atoms with Crippen molar-refractivity contribution in [2.75, 3.05) is 54.9 Å². The Kier molecular flexibility index (Phi) is 25.0. The van der Waals surface area contributed by atoms with Gasteiger partial charge in [-0.15, -0.1) is 0 Å². The van der Waals surface area contributed by atoms with E-state index in [1.807, 2.05) is 0 Å². The Morgan fingerprint density at radius 1 is 0.641 bits per heavy atom. The number of unbranched alkanes of at least 4 members (excludes halogenated alkanes) is 2. The summed E-state index contributed by atoms with van der Waals surface area (Å²) < 4.78 is 19.0. The van der Waals surface area contributed by atoms with Gasteiger partial charge in [0.05, 0.1) is 37.5 Å². The highest BCUT2D eigenvalue weighted by molar-refractivity contribution is 5.93. The van der Waals surface area contributed by atoms with E-state index in [4.69, 9.17) is 24.8 Å². The summed E-state index contributed by atoms with van der Waals surface area (Å²) in [5.41, 5.74) is 1.81. The van der Waals surface area contributed by atoms with Gasteiger partial charge < -0.3 is 34.3 Å². The molecule has 3 N–H and O–H groups in total. The van der Waals surface area contributed by atoms with Gasteiger partial charge in [0, 0.05) is 39.6 Å². The molecular formula is C28H40O11. The van der Waals surface area contributed by atoms with Crippen molar-refractivity contribution in [3.8, 4) is 0 Å². The average molecular weight is 553 g/mol. The molecule has 11 heteroatoms. The summed E-state index contributed by atoms with van der Waals surface area (Å²) in [6, 6.07) is 12.4. The fourth-order valence-electron chi connectivity index (χ4n) is 2.50. The van der Waals surface area contributed by atoms with Crippen LogP contribution in [0.25, 0.3) is 0 Å². The molecule has 0 radical (unpaired) electrons. The standard InChI is InChI=1S/C13H16O4.C10H10O4.C4H10O2.CH4O/c1-16-8-2-3-9-17-13(15)12-6-4-11(10-14)5-7-12;1-13-9(11)7-3-5-8(6-4-7)10(12)14-2;5-3-1-2-4-6;1-2/h4-7,10H,2-3,8-9H2,1H3;3-6H,1-2H3;5-6H,1-4H2;2H,1H3. The molecule has 39 heavy (non-hydrogen) atoms. The summed E-state index contributed by atoms with van der Waals surface area (Å²) in [7, 11) is 5.24. The van der Waals surface area contributed by atoms with Gasteiger partial charge in [-0.2, -0.15) is 0 Å². The number of carbonyl (C=O) groups excluding carboxylic acids is 4. The maximum Gasteiger partial charge on any atom is 0.338 e. The first kappa shape index (κ1) is 37.5. The summed E-state index contributed by atoms with van der Waals surface area (Å²) in [6.07, 6.45) is 3.83. The van der Waals surface area contributed by atoms with Gasteiger partial charge in [-0.1, -0.05) is 12.1 Å². The second-order valence-electron chi connectivity index (χ2n) is 7.29. The van der Waals surface area contributed by atoms with Crippen LogP contribution in [-0.4, -0.2) is 94.4 Å². The summed E-state index contributed by atoms with van der Waals surface area (Å²) in [5, 5.41) is 23.2. The molecule has 0 aliphatic carbocycles. The minimum atomic E-state index is -0.429. The lowest BCUT2D eigenvalue weighted by atomic mass is 10.1. The van der Waals surface area contributed by atoms with Gasteiger partial charge in [0.25, 0.3) is 0 Å². The van der Waals surface area contributed by atoms with Crippen LogP contribution in [0.1, 0.15) is 67.1 Å². The second-order valence-corrected chi connectivity index (χ2v) is 7.29. The van der Waals surface area contributed by atoms with Gasteiger partial charge in [0.2, 0.25) is 0 Å². The molecule has 0 aliphatic rings. The summed E-state index contributed by atoms with van der Waals surface area (Å²) in [5.74, 6) is -1.22. The van der Waals surface area contributed by atoms with Gasteiger partial charge in [-0.3, -0.25) is 4.79 Å². The number of carbonyl (C=O) groups is 4. The monoisotopic (exact) mass is 552 g/mol. The lowest BCUT2D eigenvalue weighted by molar-refractivity contribution is 0.0487. The van der Waals surface area contributed by atoms with Gasteiger partial charge in [0.15, 0.2) is 0 Å². The predicted molar refractivity (Wildman–Crippen MR) is 144 cm³/mol. The zero-order valence-electron chi connectivity index (χ0n) is 23.0. The number of ether oxygens (including phenoxy) is 4. The van der Waals surface area contributed by atoms with Gasteiger partial charge >= 0.3 is 17.9 Å². The Labute approximate surface area is 229 Å². The number of aldehydes is 1. The molecule has 2 rings (SSSR count). The molecule has 0 spiro atoms. The summed E-state index contributed by atoms with van der Waals surface area (Å²) >= 11 is 0. The van der Waals surface area contributed by atoms with Crippen molar-refractivity contribution in [3.05, 3.63) is 70.8 Å². The van der Waals surface area contributed by atoms with Crippen molar-refractivity contribution in [2.24, 2.45) is 0 Å². The topological polar surface area (TPSA) is 166 Å². The van der Waals surface area contributed by atoms with E-state index in [1.54, 1.807) is 31.4 Å². The fourth-order valence-corrected chi connectivity index (χ4v) is 2.50. The summed E-state index contributed by atoms with van der Waals surface area (Å²) in [4.78, 5) is 44.0. The number of aliphatic hydroxyl groups is 3. The first-order chi connectivity index (χ1) is 18.9. The van der Waals surface area contributed by atoms with Crippen molar-refractivity contribution < 1.29 is 53.4 Å². The molecule has 0 aromatic heterocycles. The van der Waals surface area contributed by atoms with Crippen LogP contribution in [-0.2, 0) is 18.9 Å². The van der Waals surface area contributed by atoms with E-state index in [-0.39, 0.29) is 19.2 Å². The van der Waals surface area contributed by atoms with Crippen LogP contribution in [0.4, 0.5) is 0 Å². The number of hydrogen-bond acceptors (Lipinski definition) is 11. The van der Waals surface area contributed by atoms with Crippen molar-refractivity contribution in [1.29, 1.82) is 0 Å². The third-order valence-corrected chi connectivity index (χ3v) is 4.55. The highest BCUT2D eigenvalue weighted by atomic mass is 16.5. The third-order valence-electron chi connectivity index (χ3n) is 4.55. The molecule has 0 heterocycles. The van der Waals surface area contributed by atoms with E-state index in [9.17, 15) is 19.2 Å². The van der Waals surface area contributed by atoms with Crippen LogP contribution in [0.3, 0.4) is 0 Å². The van der Waals surface area contributed by atoms with Crippen LogP contribution in [0.2, 0.25) is 0 Å². The maximum atomic E-state index is 11.5.